The van der Waals surface area contributed by atoms with Gasteiger partial charge in [0, 0.05) is 11.6 Å². The normalized spacial score (nSPS) is 10.5. The van der Waals surface area contributed by atoms with Gasteiger partial charge in [0.15, 0.2) is 18.1 Å². The molecule has 0 aliphatic heterocycles. The van der Waals surface area contributed by atoms with Gasteiger partial charge in [-0.05, 0) is 29.8 Å². The van der Waals surface area contributed by atoms with Gasteiger partial charge in [-0.15, -0.1) is 0 Å². The monoisotopic (exact) mass is 422 g/mol. The summed E-state index contributed by atoms with van der Waals surface area (Å²) < 4.78 is 20.6. The molecule has 2 aromatic carbocycles. The summed E-state index contributed by atoms with van der Waals surface area (Å²) in [6.07, 6.45) is 1.35. The zero-order chi connectivity index (χ0) is 21.4. The molecule has 0 aliphatic rings. The molecule has 1 amide bonds. The summed E-state index contributed by atoms with van der Waals surface area (Å²) in [5.74, 6) is -0.368. The third-order valence-electron chi connectivity index (χ3n) is 3.59. The molecule has 2 aromatic rings. The third kappa shape index (κ3) is 6.01. The molecule has 0 spiro atoms. The number of hydrazone groups is 1. The highest BCUT2D eigenvalue weighted by Gasteiger charge is 2.13. The van der Waals surface area contributed by atoms with Crippen molar-refractivity contribution >= 4 is 29.7 Å². The van der Waals surface area contributed by atoms with Crippen molar-refractivity contribution in [2.75, 3.05) is 27.9 Å². The summed E-state index contributed by atoms with van der Waals surface area (Å²) in [5, 5.41) is 12.8. The summed E-state index contributed by atoms with van der Waals surface area (Å²) in [5.41, 5.74) is 3.18. The van der Waals surface area contributed by atoms with Crippen LogP contribution in [0.25, 0.3) is 0 Å². The van der Waals surface area contributed by atoms with Crippen molar-refractivity contribution in [3.63, 3.8) is 0 Å². The van der Waals surface area contributed by atoms with E-state index in [1.54, 1.807) is 18.2 Å². The molecule has 0 aliphatic carbocycles. The standard InChI is InChI=1S/C19H19ClN2O7/c1-26-13-6-12(7-14(8-13)27-2)19(25)22-21-9-11-4-15(20)18(16(5-11)28-3)29-10-17(23)24/h4-9H,10H2,1-3H3,(H,22,25)(H,23,24)/b21-9-. The van der Waals surface area contributed by atoms with E-state index in [9.17, 15) is 9.59 Å². The number of carboxylic acid groups (broad SMARTS) is 1. The van der Waals surface area contributed by atoms with Crippen molar-refractivity contribution in [3.8, 4) is 23.0 Å². The molecule has 29 heavy (non-hydrogen) atoms. The summed E-state index contributed by atoms with van der Waals surface area (Å²) >= 11 is 6.13. The zero-order valence-corrected chi connectivity index (χ0v) is 16.6. The number of hydrogen-bond acceptors (Lipinski definition) is 7. The number of nitrogens with zero attached hydrogens (tertiary/aromatic N) is 1. The van der Waals surface area contributed by atoms with Crippen molar-refractivity contribution in [3.05, 3.63) is 46.5 Å². The first kappa shape index (κ1) is 21.8. The van der Waals surface area contributed by atoms with Crippen LogP contribution >= 0.6 is 11.6 Å². The summed E-state index contributed by atoms with van der Waals surface area (Å²) in [4.78, 5) is 23.0. The molecule has 0 fully saturated rings. The van der Waals surface area contributed by atoms with E-state index in [4.69, 9.17) is 35.7 Å². The van der Waals surface area contributed by atoms with E-state index in [0.717, 1.165) is 0 Å². The van der Waals surface area contributed by atoms with Crippen molar-refractivity contribution in [1.82, 2.24) is 5.43 Å². The van der Waals surface area contributed by atoms with Crippen LogP contribution in [-0.2, 0) is 4.79 Å². The number of carbonyl (C=O) groups is 2. The van der Waals surface area contributed by atoms with Gasteiger partial charge in [-0.1, -0.05) is 11.6 Å². The molecule has 0 atom stereocenters. The molecule has 0 saturated heterocycles. The zero-order valence-electron chi connectivity index (χ0n) is 15.9. The lowest BCUT2D eigenvalue weighted by Crippen LogP contribution is -2.17. The smallest absolute Gasteiger partial charge is 0.341 e. The van der Waals surface area contributed by atoms with E-state index >= 15 is 0 Å². The summed E-state index contributed by atoms with van der Waals surface area (Å²) in [7, 11) is 4.35. The van der Waals surface area contributed by atoms with Crippen molar-refractivity contribution < 1.29 is 33.6 Å². The molecule has 10 heteroatoms. The Morgan fingerprint density at radius 1 is 1.07 bits per heavy atom. The number of benzene rings is 2. The number of aliphatic carboxylic acids is 1. The SMILES string of the molecule is COc1cc(OC)cc(C(=O)N/N=C\c2cc(Cl)c(OCC(=O)O)c(OC)c2)c1. The topological polar surface area (TPSA) is 116 Å². The lowest BCUT2D eigenvalue weighted by Gasteiger charge is -2.11. The van der Waals surface area contributed by atoms with Crippen molar-refractivity contribution in [1.29, 1.82) is 0 Å². The number of halogens is 1. The Bertz CT molecular complexity index is 909. The van der Waals surface area contributed by atoms with E-state index < -0.39 is 18.5 Å². The molecular formula is C19H19ClN2O7. The molecule has 0 heterocycles. The Morgan fingerprint density at radius 3 is 2.28 bits per heavy atom. The number of methoxy groups -OCH3 is 3. The van der Waals surface area contributed by atoms with Gasteiger partial charge in [-0.2, -0.15) is 5.10 Å². The first-order valence-corrected chi connectivity index (χ1v) is 8.54. The summed E-state index contributed by atoms with van der Waals surface area (Å²) in [6, 6.07) is 7.75. The number of nitrogens with one attached hydrogen (secondary N) is 1. The Morgan fingerprint density at radius 2 is 1.72 bits per heavy atom. The number of amides is 1. The van der Waals surface area contributed by atoms with Gasteiger partial charge in [0.1, 0.15) is 11.5 Å². The highest BCUT2D eigenvalue weighted by molar-refractivity contribution is 6.32. The van der Waals surface area contributed by atoms with Crippen LogP contribution in [0.3, 0.4) is 0 Å². The fourth-order valence-electron chi connectivity index (χ4n) is 2.26. The number of hydrogen-bond donors (Lipinski definition) is 2. The van der Waals surface area contributed by atoms with Crippen molar-refractivity contribution in [2.24, 2.45) is 5.10 Å². The maximum Gasteiger partial charge on any atom is 0.341 e. The predicted molar refractivity (Wildman–Crippen MR) is 106 cm³/mol. The van der Waals surface area contributed by atoms with Gasteiger partial charge in [-0.3, -0.25) is 4.79 Å². The van der Waals surface area contributed by atoms with Gasteiger partial charge >= 0.3 is 5.97 Å². The quantitative estimate of drug-likeness (QED) is 0.471. The molecule has 0 unspecified atom stereocenters. The van der Waals surface area contributed by atoms with E-state index in [2.05, 4.69) is 10.5 Å². The number of rotatable bonds is 9. The maximum absolute atomic E-state index is 12.3. The van der Waals surface area contributed by atoms with Crippen LogP contribution in [-0.4, -0.2) is 51.1 Å². The number of carbonyl (C=O) groups excluding carboxylic acids is 1. The number of ether oxygens (including phenoxy) is 4. The van der Waals surface area contributed by atoms with Gasteiger partial charge in [-0.25, -0.2) is 10.2 Å². The first-order chi connectivity index (χ1) is 13.9. The molecule has 9 nitrogen and oxygen atoms in total. The summed E-state index contributed by atoms with van der Waals surface area (Å²) in [6.45, 7) is -0.566. The minimum Gasteiger partial charge on any atom is -0.497 e. The molecule has 154 valence electrons. The van der Waals surface area contributed by atoms with Crippen molar-refractivity contribution in [2.45, 2.75) is 0 Å². The Kier molecular flexibility index (Phi) is 7.67. The largest absolute Gasteiger partial charge is 0.497 e. The predicted octanol–water partition coefficient (Wildman–Crippen LogP) is 2.59. The molecule has 0 bridgehead atoms. The molecule has 0 aromatic heterocycles. The first-order valence-electron chi connectivity index (χ1n) is 8.16. The minimum absolute atomic E-state index is 0.0984. The van der Waals surface area contributed by atoms with Gasteiger partial charge in [0.25, 0.3) is 5.91 Å². The van der Waals surface area contributed by atoms with E-state index in [1.165, 1.54) is 39.7 Å². The van der Waals surface area contributed by atoms with Crippen LogP contribution in [0, 0.1) is 0 Å². The maximum atomic E-state index is 12.3. The molecule has 0 radical (unpaired) electrons. The third-order valence-corrected chi connectivity index (χ3v) is 3.87. The Hall–Kier alpha value is -3.46. The Labute approximate surface area is 171 Å². The second-order valence-corrected chi connectivity index (χ2v) is 5.92. The second-order valence-electron chi connectivity index (χ2n) is 5.52. The average Bonchev–Trinajstić information content (AvgIpc) is 2.71. The van der Waals surface area contributed by atoms with Gasteiger partial charge < -0.3 is 24.1 Å². The van der Waals surface area contributed by atoms with Crippen LogP contribution in [0.4, 0.5) is 0 Å². The number of carboxylic acids is 1. The fourth-order valence-corrected chi connectivity index (χ4v) is 2.53. The molecule has 2 N–H and O–H groups in total. The molecule has 2 rings (SSSR count). The van der Waals surface area contributed by atoms with Gasteiger partial charge in [0.05, 0.1) is 32.6 Å². The highest BCUT2D eigenvalue weighted by Crippen LogP contribution is 2.36. The van der Waals surface area contributed by atoms with E-state index in [-0.39, 0.29) is 16.5 Å². The van der Waals surface area contributed by atoms with Crippen LogP contribution in [0.2, 0.25) is 5.02 Å². The second kappa shape index (κ2) is 10.2. The fraction of sp³-hybridized carbons (Fsp3) is 0.211. The lowest BCUT2D eigenvalue weighted by molar-refractivity contribution is -0.139. The van der Waals surface area contributed by atoms with Crippen LogP contribution < -0.4 is 24.4 Å². The molecular weight excluding hydrogens is 404 g/mol. The highest BCUT2D eigenvalue weighted by atomic mass is 35.5. The van der Waals surface area contributed by atoms with E-state index in [1.807, 2.05) is 0 Å². The Balaban J connectivity index is 2.14. The van der Waals surface area contributed by atoms with Gasteiger partial charge in [0.2, 0.25) is 0 Å². The van der Waals surface area contributed by atoms with Crippen LogP contribution in [0.15, 0.2) is 35.4 Å². The molecule has 0 saturated carbocycles. The minimum atomic E-state index is -1.15. The average molecular weight is 423 g/mol. The lowest BCUT2D eigenvalue weighted by atomic mass is 10.2. The van der Waals surface area contributed by atoms with Crippen LogP contribution in [0.5, 0.6) is 23.0 Å². The van der Waals surface area contributed by atoms with Crippen LogP contribution in [0.1, 0.15) is 15.9 Å². The van der Waals surface area contributed by atoms with E-state index in [0.29, 0.717) is 22.6 Å².